The number of benzene rings is 4. The van der Waals surface area contributed by atoms with Gasteiger partial charge in [-0.1, -0.05) is 91.6 Å². The molecule has 4 aromatic rings. The zero-order valence-electron chi connectivity index (χ0n) is 17.3. The predicted octanol–water partition coefficient (Wildman–Crippen LogP) is 7.96. The molecule has 148 valence electrons. The van der Waals surface area contributed by atoms with Crippen LogP contribution in [0.4, 0.5) is 11.4 Å². The van der Waals surface area contributed by atoms with Crippen LogP contribution >= 0.6 is 0 Å². The van der Waals surface area contributed by atoms with E-state index in [2.05, 4.69) is 115 Å². The molecule has 6 rings (SSSR count). The van der Waals surface area contributed by atoms with E-state index >= 15 is 0 Å². The van der Waals surface area contributed by atoms with E-state index in [0.717, 1.165) is 12.0 Å². The third-order valence-corrected chi connectivity index (χ3v) is 6.48. The Hall–Kier alpha value is -3.84. The van der Waals surface area contributed by atoms with Crippen molar-refractivity contribution in [1.82, 2.24) is 0 Å². The van der Waals surface area contributed by atoms with Crippen LogP contribution < -0.4 is 4.90 Å². The van der Waals surface area contributed by atoms with E-state index in [0.29, 0.717) is 0 Å². The topological polar surface area (TPSA) is 3.24 Å². The van der Waals surface area contributed by atoms with Crippen molar-refractivity contribution in [2.75, 3.05) is 4.90 Å². The van der Waals surface area contributed by atoms with Crippen LogP contribution in [-0.2, 0) is 6.42 Å². The molecule has 0 bridgehead atoms. The average molecular weight is 398 g/mol. The zero-order chi connectivity index (χ0) is 20.8. The molecule has 2 aliphatic rings. The first-order chi connectivity index (χ1) is 15.3. The number of nitrogens with zero attached hydrogens (tertiary/aromatic N) is 1. The molecule has 1 atom stereocenters. The Morgan fingerprint density at radius 3 is 2.26 bits per heavy atom. The summed E-state index contributed by atoms with van der Waals surface area (Å²) in [7, 11) is 0. The van der Waals surface area contributed by atoms with Crippen molar-refractivity contribution < 1.29 is 0 Å². The van der Waals surface area contributed by atoms with Gasteiger partial charge < -0.3 is 4.90 Å². The fourth-order valence-electron chi connectivity index (χ4n) is 5.01. The Bertz CT molecular complexity index is 1360. The van der Waals surface area contributed by atoms with Crippen LogP contribution in [0, 0.1) is 0 Å². The van der Waals surface area contributed by atoms with Crippen molar-refractivity contribution in [3.05, 3.63) is 125 Å². The van der Waals surface area contributed by atoms with Crippen LogP contribution in [0.5, 0.6) is 0 Å². The highest BCUT2D eigenvalue weighted by molar-refractivity contribution is 6.03. The van der Waals surface area contributed by atoms with Gasteiger partial charge in [0.15, 0.2) is 0 Å². The van der Waals surface area contributed by atoms with E-state index in [9.17, 15) is 0 Å². The minimum atomic E-state index is 0.125. The summed E-state index contributed by atoms with van der Waals surface area (Å²) < 4.78 is 0. The maximum absolute atomic E-state index is 3.90. The summed E-state index contributed by atoms with van der Waals surface area (Å²) >= 11 is 0. The standard InChI is InChI=1S/C30H23N/c1-2-21-11-17-26(18-12-21)31(25-9-4-3-5-10-25)28-20-16-24-14-13-22-7-6-8-23-15-19-27(28)30(24)29(22)23/h2-7,9-20,28H,1,8H2. The summed E-state index contributed by atoms with van der Waals surface area (Å²) in [5, 5.41) is 2.82. The SMILES string of the molecule is C=Cc1ccc(N(c2ccccc2)C2C=Cc3ccc4c5c(ccc2c35)CC=C4)cc1. The number of rotatable bonds is 4. The van der Waals surface area contributed by atoms with Crippen LogP contribution in [0.25, 0.3) is 29.0 Å². The Labute approximate surface area is 183 Å². The third-order valence-electron chi connectivity index (χ3n) is 6.48. The number of hydrogen-bond acceptors (Lipinski definition) is 1. The van der Waals surface area contributed by atoms with Crippen LogP contribution in [0.1, 0.15) is 33.9 Å². The quantitative estimate of drug-likeness (QED) is 0.338. The molecule has 0 fully saturated rings. The second-order valence-electron chi connectivity index (χ2n) is 8.22. The van der Waals surface area contributed by atoms with Crippen molar-refractivity contribution in [2.45, 2.75) is 12.5 Å². The van der Waals surface area contributed by atoms with Gasteiger partial charge in [0.05, 0.1) is 6.04 Å². The van der Waals surface area contributed by atoms with Gasteiger partial charge in [0, 0.05) is 11.4 Å². The van der Waals surface area contributed by atoms with E-state index < -0.39 is 0 Å². The van der Waals surface area contributed by atoms with E-state index in [1.54, 1.807) is 0 Å². The van der Waals surface area contributed by atoms with Gasteiger partial charge in [-0.2, -0.15) is 0 Å². The minimum Gasteiger partial charge on any atom is -0.330 e. The Morgan fingerprint density at radius 2 is 1.48 bits per heavy atom. The number of hydrogen-bond donors (Lipinski definition) is 0. The smallest absolute Gasteiger partial charge is 0.0785 e. The molecular formula is C30H23N. The van der Waals surface area contributed by atoms with Gasteiger partial charge in [0.2, 0.25) is 0 Å². The van der Waals surface area contributed by atoms with Gasteiger partial charge in [0.25, 0.3) is 0 Å². The normalized spacial score (nSPS) is 15.8. The number of allylic oxidation sites excluding steroid dienone is 1. The van der Waals surface area contributed by atoms with Crippen molar-refractivity contribution in [1.29, 1.82) is 0 Å². The third kappa shape index (κ3) is 2.85. The minimum absolute atomic E-state index is 0.125. The van der Waals surface area contributed by atoms with Crippen molar-refractivity contribution in [3.63, 3.8) is 0 Å². The van der Waals surface area contributed by atoms with E-state index in [4.69, 9.17) is 0 Å². The fraction of sp³-hybridized carbons (Fsp3) is 0.0667. The second kappa shape index (κ2) is 7.14. The molecule has 0 radical (unpaired) electrons. The van der Waals surface area contributed by atoms with Gasteiger partial charge in [-0.15, -0.1) is 0 Å². The van der Waals surface area contributed by atoms with Crippen molar-refractivity contribution in [2.24, 2.45) is 0 Å². The Kier molecular flexibility index (Phi) is 4.14. The molecule has 0 aromatic heterocycles. The van der Waals surface area contributed by atoms with Crippen molar-refractivity contribution in [3.8, 4) is 0 Å². The lowest BCUT2D eigenvalue weighted by Gasteiger charge is -2.35. The molecule has 0 aliphatic heterocycles. The lowest BCUT2D eigenvalue weighted by atomic mass is 9.83. The molecule has 0 N–H and O–H groups in total. The van der Waals surface area contributed by atoms with Gasteiger partial charge in [-0.05, 0) is 69.3 Å². The fourth-order valence-corrected chi connectivity index (χ4v) is 5.01. The first-order valence-electron chi connectivity index (χ1n) is 10.8. The van der Waals surface area contributed by atoms with E-state index in [1.807, 2.05) is 6.08 Å². The summed E-state index contributed by atoms with van der Waals surface area (Å²) in [6, 6.07) is 28.7. The molecule has 4 aromatic carbocycles. The molecule has 2 aliphatic carbocycles. The molecular weight excluding hydrogens is 374 g/mol. The van der Waals surface area contributed by atoms with Gasteiger partial charge in [-0.3, -0.25) is 0 Å². The van der Waals surface area contributed by atoms with Crippen molar-refractivity contribution >= 4 is 40.4 Å². The second-order valence-corrected chi connectivity index (χ2v) is 8.22. The predicted molar refractivity (Wildman–Crippen MR) is 134 cm³/mol. The lowest BCUT2D eigenvalue weighted by molar-refractivity contribution is 0.858. The molecule has 0 spiro atoms. The molecule has 0 heterocycles. The highest BCUT2D eigenvalue weighted by Crippen LogP contribution is 2.44. The van der Waals surface area contributed by atoms with E-state index in [1.165, 1.54) is 44.4 Å². The monoisotopic (exact) mass is 397 g/mol. The average Bonchev–Trinajstić information content (AvgIpc) is 2.84. The van der Waals surface area contributed by atoms with Gasteiger partial charge in [-0.25, -0.2) is 0 Å². The highest BCUT2D eigenvalue weighted by Gasteiger charge is 2.27. The summed E-state index contributed by atoms with van der Waals surface area (Å²) in [4.78, 5) is 2.44. The maximum Gasteiger partial charge on any atom is 0.0785 e. The number of para-hydroxylation sites is 1. The maximum atomic E-state index is 3.90. The first-order valence-corrected chi connectivity index (χ1v) is 10.8. The molecule has 0 saturated carbocycles. The number of anilines is 2. The molecule has 1 nitrogen and oxygen atoms in total. The van der Waals surface area contributed by atoms with Crippen LogP contribution in [0.15, 0.2) is 97.6 Å². The molecule has 1 heteroatoms. The largest absolute Gasteiger partial charge is 0.330 e. The van der Waals surface area contributed by atoms with Crippen LogP contribution in [0.2, 0.25) is 0 Å². The Balaban J connectivity index is 1.58. The molecule has 0 amide bonds. The lowest BCUT2D eigenvalue weighted by Crippen LogP contribution is -2.24. The molecule has 31 heavy (non-hydrogen) atoms. The zero-order valence-corrected chi connectivity index (χ0v) is 17.3. The summed E-state index contributed by atoms with van der Waals surface area (Å²) in [5.41, 5.74) is 8.93. The Morgan fingerprint density at radius 1 is 0.742 bits per heavy atom. The molecule has 0 saturated heterocycles. The summed E-state index contributed by atoms with van der Waals surface area (Å²) in [6.45, 7) is 3.90. The first kappa shape index (κ1) is 18.0. The summed E-state index contributed by atoms with van der Waals surface area (Å²) in [5.74, 6) is 0. The van der Waals surface area contributed by atoms with Gasteiger partial charge >= 0.3 is 0 Å². The van der Waals surface area contributed by atoms with E-state index in [-0.39, 0.29) is 6.04 Å². The van der Waals surface area contributed by atoms with Crippen LogP contribution in [0.3, 0.4) is 0 Å². The highest BCUT2D eigenvalue weighted by atomic mass is 15.2. The van der Waals surface area contributed by atoms with Gasteiger partial charge in [0.1, 0.15) is 0 Å². The molecule has 1 unspecified atom stereocenters. The van der Waals surface area contributed by atoms with Crippen LogP contribution in [-0.4, -0.2) is 0 Å². The summed E-state index contributed by atoms with van der Waals surface area (Å²) in [6.07, 6.45) is 12.1.